The first-order valence-corrected chi connectivity index (χ1v) is 7.42. The Bertz CT molecular complexity index is 622. The number of hydrogen-bond acceptors (Lipinski definition) is 3. The van der Waals surface area contributed by atoms with Gasteiger partial charge >= 0.3 is 0 Å². The van der Waals surface area contributed by atoms with Gasteiger partial charge in [-0.25, -0.2) is 0 Å². The van der Waals surface area contributed by atoms with Crippen LogP contribution in [0, 0.1) is 6.92 Å². The van der Waals surface area contributed by atoms with Gasteiger partial charge in [0.25, 0.3) is 0 Å². The zero-order chi connectivity index (χ0) is 15.6. The largest absolute Gasteiger partial charge is 0.496 e. The molecule has 0 spiro atoms. The van der Waals surface area contributed by atoms with Gasteiger partial charge in [0.1, 0.15) is 5.75 Å². The molecule has 0 aliphatic heterocycles. The highest BCUT2D eigenvalue weighted by Crippen LogP contribution is 2.34. The van der Waals surface area contributed by atoms with Crippen LogP contribution in [0.25, 0.3) is 0 Å². The molecule has 0 aliphatic rings. The van der Waals surface area contributed by atoms with Crippen LogP contribution < -0.4 is 10.1 Å². The van der Waals surface area contributed by atoms with Gasteiger partial charge in [-0.1, -0.05) is 23.7 Å². The van der Waals surface area contributed by atoms with Crippen molar-refractivity contribution in [1.82, 2.24) is 15.1 Å². The highest BCUT2D eigenvalue weighted by molar-refractivity contribution is 6.31. The summed E-state index contributed by atoms with van der Waals surface area (Å²) < 4.78 is 7.48. The van der Waals surface area contributed by atoms with Gasteiger partial charge in [-0.2, -0.15) is 5.10 Å². The van der Waals surface area contributed by atoms with Gasteiger partial charge in [0.05, 0.1) is 30.1 Å². The zero-order valence-electron chi connectivity index (χ0n) is 13.1. The van der Waals surface area contributed by atoms with Crippen molar-refractivity contribution in [3.8, 4) is 5.75 Å². The van der Waals surface area contributed by atoms with E-state index in [0.29, 0.717) is 5.02 Å². The van der Waals surface area contributed by atoms with E-state index < -0.39 is 0 Å². The minimum atomic E-state index is -0.0713. The Morgan fingerprint density at radius 1 is 1.33 bits per heavy atom. The number of ether oxygens (including phenoxy) is 1. The van der Waals surface area contributed by atoms with E-state index in [4.69, 9.17) is 16.3 Å². The molecule has 0 aliphatic carbocycles. The third-order valence-electron chi connectivity index (χ3n) is 3.54. The number of nitrogens with one attached hydrogen (secondary N) is 1. The maximum atomic E-state index is 6.38. The van der Waals surface area contributed by atoms with Crippen molar-refractivity contribution in [2.45, 2.75) is 32.9 Å². The highest BCUT2D eigenvalue weighted by atomic mass is 35.5. The molecule has 21 heavy (non-hydrogen) atoms. The Morgan fingerprint density at radius 2 is 2.05 bits per heavy atom. The van der Waals surface area contributed by atoms with Crippen molar-refractivity contribution < 1.29 is 4.74 Å². The van der Waals surface area contributed by atoms with E-state index in [-0.39, 0.29) is 12.1 Å². The van der Waals surface area contributed by atoms with Gasteiger partial charge in [-0.3, -0.25) is 4.68 Å². The van der Waals surface area contributed by atoms with E-state index in [0.717, 1.165) is 22.6 Å². The number of benzene rings is 1. The van der Waals surface area contributed by atoms with Crippen LogP contribution in [-0.2, 0) is 0 Å². The second-order valence-electron chi connectivity index (χ2n) is 5.38. The summed E-state index contributed by atoms with van der Waals surface area (Å²) in [7, 11) is 3.60. The van der Waals surface area contributed by atoms with E-state index in [2.05, 4.69) is 36.4 Å². The van der Waals surface area contributed by atoms with Crippen LogP contribution in [0.1, 0.15) is 42.8 Å². The lowest BCUT2D eigenvalue weighted by atomic mass is 10.0. The molecular weight excluding hydrogens is 286 g/mol. The fourth-order valence-corrected chi connectivity index (χ4v) is 2.77. The first-order chi connectivity index (χ1) is 9.99. The van der Waals surface area contributed by atoms with Gasteiger partial charge in [0.15, 0.2) is 0 Å². The number of methoxy groups -OCH3 is 1. The van der Waals surface area contributed by atoms with Crippen LogP contribution in [0.4, 0.5) is 0 Å². The number of nitrogens with zero attached hydrogens (tertiary/aromatic N) is 2. The summed E-state index contributed by atoms with van der Waals surface area (Å²) in [5.41, 5.74) is 3.17. The number of hydrogen-bond donors (Lipinski definition) is 1. The molecule has 0 amide bonds. The van der Waals surface area contributed by atoms with E-state index in [1.807, 2.05) is 24.7 Å². The summed E-state index contributed by atoms with van der Waals surface area (Å²) in [5, 5.41) is 8.37. The molecule has 114 valence electrons. The Kier molecular flexibility index (Phi) is 4.91. The SMILES string of the molecule is CNC(c1ccc(C)cc1OC)c1c(Cl)cnn1C(C)C. The van der Waals surface area contributed by atoms with Crippen molar-refractivity contribution in [2.24, 2.45) is 0 Å². The zero-order valence-corrected chi connectivity index (χ0v) is 13.9. The molecule has 1 atom stereocenters. The maximum absolute atomic E-state index is 6.38. The quantitative estimate of drug-likeness (QED) is 0.914. The molecule has 2 aromatic rings. The van der Waals surface area contributed by atoms with Crippen LogP contribution in [0.5, 0.6) is 5.75 Å². The topological polar surface area (TPSA) is 39.1 Å². The van der Waals surface area contributed by atoms with Crippen LogP contribution in [-0.4, -0.2) is 23.9 Å². The third kappa shape index (κ3) is 3.06. The fourth-order valence-electron chi connectivity index (χ4n) is 2.53. The highest BCUT2D eigenvalue weighted by Gasteiger charge is 2.24. The predicted octanol–water partition coefficient (Wildman–Crippen LogP) is 3.74. The van der Waals surface area contributed by atoms with Crippen molar-refractivity contribution in [1.29, 1.82) is 0 Å². The molecular formula is C16H22ClN3O. The molecule has 1 unspecified atom stereocenters. The average Bonchev–Trinajstić information content (AvgIpc) is 2.83. The molecule has 1 aromatic carbocycles. The summed E-state index contributed by atoms with van der Waals surface area (Å²) in [5.74, 6) is 0.849. The van der Waals surface area contributed by atoms with Crippen molar-refractivity contribution >= 4 is 11.6 Å². The smallest absolute Gasteiger partial charge is 0.124 e. The molecule has 5 heteroatoms. The molecule has 2 rings (SSSR count). The molecule has 1 aromatic heterocycles. The molecule has 0 saturated carbocycles. The summed E-state index contributed by atoms with van der Waals surface area (Å²) in [6, 6.07) is 6.34. The van der Waals surface area contributed by atoms with E-state index >= 15 is 0 Å². The van der Waals surface area contributed by atoms with Crippen molar-refractivity contribution in [2.75, 3.05) is 14.2 Å². The van der Waals surface area contributed by atoms with Crippen LogP contribution in [0.2, 0.25) is 5.02 Å². The normalized spacial score (nSPS) is 12.7. The molecule has 0 radical (unpaired) electrons. The monoisotopic (exact) mass is 307 g/mol. The first-order valence-electron chi connectivity index (χ1n) is 7.04. The Labute approximate surface area is 131 Å². The Balaban J connectivity index is 2.57. The predicted molar refractivity (Wildman–Crippen MR) is 86.3 cm³/mol. The molecule has 4 nitrogen and oxygen atoms in total. The standard InChI is InChI=1S/C16H22ClN3O/c1-10(2)20-16(13(17)9-19-20)15(18-4)12-7-6-11(3)8-14(12)21-5/h6-10,15,18H,1-5H3. The number of halogens is 1. The minimum absolute atomic E-state index is 0.0713. The number of aryl methyl sites for hydroxylation is 1. The molecule has 1 heterocycles. The summed E-state index contributed by atoms with van der Waals surface area (Å²) in [6.45, 7) is 6.23. The molecule has 0 bridgehead atoms. The van der Waals surface area contributed by atoms with Gasteiger partial charge in [-0.15, -0.1) is 0 Å². The van der Waals surface area contributed by atoms with Gasteiger partial charge in [-0.05, 0) is 39.4 Å². The van der Waals surface area contributed by atoms with Crippen LogP contribution in [0.15, 0.2) is 24.4 Å². The van der Waals surface area contributed by atoms with E-state index in [9.17, 15) is 0 Å². The summed E-state index contributed by atoms with van der Waals surface area (Å²) >= 11 is 6.38. The van der Waals surface area contributed by atoms with Crippen LogP contribution in [0.3, 0.4) is 0 Å². The van der Waals surface area contributed by atoms with Crippen LogP contribution >= 0.6 is 11.6 Å². The Morgan fingerprint density at radius 3 is 2.62 bits per heavy atom. The van der Waals surface area contributed by atoms with Crippen molar-refractivity contribution in [3.63, 3.8) is 0 Å². The lowest BCUT2D eigenvalue weighted by Crippen LogP contribution is -2.23. The molecule has 0 saturated heterocycles. The Hall–Kier alpha value is -1.52. The van der Waals surface area contributed by atoms with E-state index in [1.54, 1.807) is 13.3 Å². The van der Waals surface area contributed by atoms with E-state index in [1.165, 1.54) is 0 Å². The number of aromatic nitrogens is 2. The first kappa shape index (κ1) is 15.9. The third-order valence-corrected chi connectivity index (χ3v) is 3.83. The second kappa shape index (κ2) is 6.50. The number of rotatable bonds is 5. The lowest BCUT2D eigenvalue weighted by molar-refractivity contribution is 0.401. The van der Waals surface area contributed by atoms with Gasteiger partial charge < -0.3 is 10.1 Å². The van der Waals surface area contributed by atoms with Gasteiger partial charge in [0, 0.05) is 11.6 Å². The maximum Gasteiger partial charge on any atom is 0.124 e. The molecule has 1 N–H and O–H groups in total. The average molecular weight is 308 g/mol. The second-order valence-corrected chi connectivity index (χ2v) is 5.79. The fraction of sp³-hybridized carbons (Fsp3) is 0.438. The van der Waals surface area contributed by atoms with Crippen molar-refractivity contribution in [3.05, 3.63) is 46.2 Å². The summed E-state index contributed by atoms with van der Waals surface area (Å²) in [6.07, 6.45) is 1.70. The lowest BCUT2D eigenvalue weighted by Gasteiger charge is -2.23. The molecule has 0 fully saturated rings. The minimum Gasteiger partial charge on any atom is -0.496 e. The van der Waals surface area contributed by atoms with Gasteiger partial charge in [0.2, 0.25) is 0 Å². The summed E-state index contributed by atoms with van der Waals surface area (Å²) in [4.78, 5) is 0.